The Balaban J connectivity index is 1.53. The van der Waals surface area contributed by atoms with Gasteiger partial charge >= 0.3 is 0 Å². The van der Waals surface area contributed by atoms with E-state index in [9.17, 15) is 4.79 Å². The van der Waals surface area contributed by atoms with Gasteiger partial charge in [0, 0.05) is 32.0 Å². The van der Waals surface area contributed by atoms with E-state index in [1.54, 1.807) is 14.2 Å². The second-order valence-corrected chi connectivity index (χ2v) is 6.59. The molecule has 6 heteroatoms. The first-order chi connectivity index (χ1) is 11.6. The summed E-state index contributed by atoms with van der Waals surface area (Å²) in [6.45, 7) is 2.35. The number of methoxy groups -OCH3 is 2. The van der Waals surface area contributed by atoms with Crippen molar-refractivity contribution in [3.63, 3.8) is 0 Å². The molecule has 1 aromatic carbocycles. The Morgan fingerprint density at radius 3 is 2.88 bits per heavy atom. The van der Waals surface area contributed by atoms with Crippen molar-refractivity contribution in [2.45, 2.75) is 30.9 Å². The number of nitrogens with zero attached hydrogens (tertiary/aromatic N) is 1. The maximum atomic E-state index is 11.9. The van der Waals surface area contributed by atoms with Crippen LogP contribution in [0.5, 0.6) is 5.75 Å². The van der Waals surface area contributed by atoms with E-state index < -0.39 is 0 Å². The summed E-state index contributed by atoms with van der Waals surface area (Å²) in [4.78, 5) is 13.8. The van der Waals surface area contributed by atoms with Gasteiger partial charge in [-0.1, -0.05) is 6.07 Å². The third-order valence-corrected chi connectivity index (χ3v) is 4.94. The zero-order valence-electron chi connectivity index (χ0n) is 14.4. The number of rotatable bonds is 5. The van der Waals surface area contributed by atoms with Crippen molar-refractivity contribution in [3.05, 3.63) is 24.3 Å². The zero-order valence-corrected chi connectivity index (χ0v) is 14.4. The molecule has 0 aromatic heterocycles. The Morgan fingerprint density at radius 2 is 2.17 bits per heavy atom. The SMILES string of the molecule is COCC(=O)N1CCC2(CC1)C[C@@H](Nc1cccc(OC)c1)CO2. The molecule has 132 valence electrons. The first-order valence-corrected chi connectivity index (χ1v) is 8.45. The predicted octanol–water partition coefficient (Wildman–Crippen LogP) is 1.90. The minimum Gasteiger partial charge on any atom is -0.497 e. The van der Waals surface area contributed by atoms with Gasteiger partial charge < -0.3 is 24.4 Å². The molecule has 1 amide bonds. The second-order valence-electron chi connectivity index (χ2n) is 6.59. The molecule has 1 N–H and O–H groups in total. The third kappa shape index (κ3) is 3.82. The van der Waals surface area contributed by atoms with Crippen molar-refractivity contribution in [2.75, 3.05) is 45.8 Å². The molecule has 2 fully saturated rings. The monoisotopic (exact) mass is 334 g/mol. The molecule has 1 aromatic rings. The Bertz CT molecular complexity index is 570. The fraction of sp³-hybridized carbons (Fsp3) is 0.611. The van der Waals surface area contributed by atoms with Crippen LogP contribution in [0.2, 0.25) is 0 Å². The molecule has 2 heterocycles. The summed E-state index contributed by atoms with van der Waals surface area (Å²) in [5.74, 6) is 0.912. The van der Waals surface area contributed by atoms with E-state index in [1.807, 2.05) is 29.2 Å². The minimum atomic E-state index is -0.0968. The van der Waals surface area contributed by atoms with Crippen LogP contribution in [0.3, 0.4) is 0 Å². The van der Waals surface area contributed by atoms with Gasteiger partial charge in [-0.3, -0.25) is 4.79 Å². The third-order valence-electron chi connectivity index (χ3n) is 4.94. The van der Waals surface area contributed by atoms with Crippen molar-refractivity contribution in [1.29, 1.82) is 0 Å². The highest BCUT2D eigenvalue weighted by atomic mass is 16.5. The maximum absolute atomic E-state index is 11.9. The van der Waals surface area contributed by atoms with Crippen molar-refractivity contribution in [3.8, 4) is 5.75 Å². The van der Waals surface area contributed by atoms with Gasteiger partial charge in [-0.2, -0.15) is 0 Å². The van der Waals surface area contributed by atoms with E-state index in [2.05, 4.69) is 5.32 Å². The molecular formula is C18H26N2O4. The normalized spacial score (nSPS) is 22.6. The summed E-state index contributed by atoms with van der Waals surface area (Å²) in [7, 11) is 3.23. The topological polar surface area (TPSA) is 60.0 Å². The molecule has 0 saturated carbocycles. The van der Waals surface area contributed by atoms with Crippen LogP contribution < -0.4 is 10.1 Å². The van der Waals surface area contributed by atoms with Crippen molar-refractivity contribution < 1.29 is 19.0 Å². The summed E-state index contributed by atoms with van der Waals surface area (Å²) in [6, 6.07) is 8.24. The van der Waals surface area contributed by atoms with Gasteiger partial charge in [-0.25, -0.2) is 0 Å². The Labute approximate surface area is 143 Å². The van der Waals surface area contributed by atoms with Crippen LogP contribution >= 0.6 is 0 Å². The number of hydrogen-bond donors (Lipinski definition) is 1. The smallest absolute Gasteiger partial charge is 0.248 e. The van der Waals surface area contributed by atoms with Crippen molar-refractivity contribution in [2.24, 2.45) is 0 Å². The summed E-state index contributed by atoms with van der Waals surface area (Å²) in [5, 5.41) is 3.54. The van der Waals surface area contributed by atoms with Crippen LogP contribution in [0, 0.1) is 0 Å². The van der Waals surface area contributed by atoms with Crippen LogP contribution in [-0.2, 0) is 14.3 Å². The zero-order chi connectivity index (χ0) is 17.0. The van der Waals surface area contributed by atoms with Gasteiger partial charge in [0.1, 0.15) is 12.4 Å². The summed E-state index contributed by atoms with van der Waals surface area (Å²) in [5.41, 5.74) is 0.952. The lowest BCUT2D eigenvalue weighted by molar-refractivity contribution is -0.139. The van der Waals surface area contributed by atoms with Gasteiger partial charge in [0.05, 0.1) is 25.4 Å². The van der Waals surface area contributed by atoms with Crippen LogP contribution in [0.25, 0.3) is 0 Å². The molecule has 2 saturated heterocycles. The van der Waals surface area contributed by atoms with E-state index in [0.717, 1.165) is 43.8 Å². The molecular weight excluding hydrogens is 308 g/mol. The summed E-state index contributed by atoms with van der Waals surface area (Å²) >= 11 is 0. The number of benzene rings is 1. The number of anilines is 1. The molecule has 0 unspecified atom stereocenters. The minimum absolute atomic E-state index is 0.0661. The van der Waals surface area contributed by atoms with Crippen LogP contribution in [0.15, 0.2) is 24.3 Å². The summed E-state index contributed by atoms with van der Waals surface area (Å²) in [6.07, 6.45) is 2.74. The fourth-order valence-corrected chi connectivity index (χ4v) is 3.61. The average Bonchev–Trinajstić information content (AvgIpc) is 2.98. The van der Waals surface area contributed by atoms with Gasteiger partial charge in [0.2, 0.25) is 5.91 Å². The van der Waals surface area contributed by atoms with Gasteiger partial charge in [-0.15, -0.1) is 0 Å². The van der Waals surface area contributed by atoms with Gasteiger partial charge in [0.15, 0.2) is 0 Å². The highest BCUT2D eigenvalue weighted by Gasteiger charge is 2.43. The number of ether oxygens (including phenoxy) is 3. The van der Waals surface area contributed by atoms with Crippen LogP contribution in [-0.4, -0.2) is 63.0 Å². The Morgan fingerprint density at radius 1 is 1.38 bits per heavy atom. The van der Waals surface area contributed by atoms with Crippen LogP contribution in [0.4, 0.5) is 5.69 Å². The first-order valence-electron chi connectivity index (χ1n) is 8.45. The van der Waals surface area contributed by atoms with Crippen molar-refractivity contribution >= 4 is 11.6 Å². The number of amides is 1. The Hall–Kier alpha value is -1.79. The number of piperidine rings is 1. The first kappa shape index (κ1) is 17.0. The molecule has 1 spiro atoms. The predicted molar refractivity (Wildman–Crippen MR) is 91.4 cm³/mol. The van der Waals surface area contributed by atoms with Gasteiger partial charge in [0.25, 0.3) is 0 Å². The molecule has 1 atom stereocenters. The van der Waals surface area contributed by atoms with E-state index in [-0.39, 0.29) is 18.1 Å². The maximum Gasteiger partial charge on any atom is 0.248 e. The summed E-state index contributed by atoms with van der Waals surface area (Å²) < 4.78 is 16.3. The molecule has 6 nitrogen and oxygen atoms in total. The number of carbonyl (C=O) groups is 1. The lowest BCUT2D eigenvalue weighted by Gasteiger charge is -2.38. The van der Waals surface area contributed by atoms with Gasteiger partial charge in [-0.05, 0) is 31.4 Å². The highest BCUT2D eigenvalue weighted by molar-refractivity contribution is 5.77. The fourth-order valence-electron chi connectivity index (χ4n) is 3.61. The molecule has 2 aliphatic heterocycles. The second kappa shape index (κ2) is 7.40. The molecule has 0 aliphatic carbocycles. The number of nitrogens with one attached hydrogen (secondary N) is 1. The van der Waals surface area contributed by atoms with Crippen molar-refractivity contribution in [1.82, 2.24) is 4.90 Å². The number of likely N-dealkylation sites (tertiary alicyclic amines) is 1. The standard InChI is InChI=1S/C18H26N2O4/c1-22-13-17(21)20-8-6-18(7-9-20)11-15(12-24-18)19-14-4-3-5-16(10-14)23-2/h3-5,10,15,19H,6-9,11-13H2,1-2H3/t15-/m1/s1. The van der Waals surface area contributed by atoms with E-state index in [1.165, 1.54) is 0 Å². The van der Waals surface area contributed by atoms with E-state index in [0.29, 0.717) is 12.6 Å². The molecule has 2 aliphatic rings. The number of hydrogen-bond acceptors (Lipinski definition) is 5. The molecule has 0 radical (unpaired) electrons. The quantitative estimate of drug-likeness (QED) is 0.891. The highest BCUT2D eigenvalue weighted by Crippen LogP contribution is 2.37. The Kier molecular flexibility index (Phi) is 5.26. The van der Waals surface area contributed by atoms with E-state index >= 15 is 0 Å². The lowest BCUT2D eigenvalue weighted by atomic mass is 9.87. The average molecular weight is 334 g/mol. The van der Waals surface area contributed by atoms with E-state index in [4.69, 9.17) is 14.2 Å². The largest absolute Gasteiger partial charge is 0.497 e. The molecule has 3 rings (SSSR count). The molecule has 0 bridgehead atoms. The lowest BCUT2D eigenvalue weighted by Crippen LogP contribution is -2.47. The number of carbonyl (C=O) groups excluding carboxylic acids is 1. The molecule has 24 heavy (non-hydrogen) atoms. The van der Waals surface area contributed by atoms with Crippen LogP contribution in [0.1, 0.15) is 19.3 Å².